The van der Waals surface area contributed by atoms with Crippen LogP contribution in [0.4, 0.5) is 0 Å². The minimum absolute atomic E-state index is 0.0434. The lowest BCUT2D eigenvalue weighted by atomic mass is 9.39. The molecule has 0 amide bonds. The van der Waals surface area contributed by atoms with Crippen LogP contribution in [0, 0.1) is 30.6 Å². The van der Waals surface area contributed by atoms with Gasteiger partial charge in [-0.25, -0.2) is 15.0 Å². The second kappa shape index (κ2) is 12.5. The molecule has 5 aliphatic carbocycles. The second-order valence-corrected chi connectivity index (χ2v) is 18.5. The Morgan fingerprint density at radius 2 is 1.00 bits per heavy atom. The van der Waals surface area contributed by atoms with Gasteiger partial charge in [0.25, 0.3) is 0 Å². The number of benzene rings is 7. The molecule has 4 fully saturated rings. The molecule has 0 aliphatic heterocycles. The highest BCUT2D eigenvalue weighted by molar-refractivity contribution is 6.08. The number of nitrogens with zero attached hydrogens (tertiary/aromatic N) is 3. The van der Waals surface area contributed by atoms with Gasteiger partial charge in [0, 0.05) is 27.5 Å². The Morgan fingerprint density at radius 3 is 1.78 bits per heavy atom. The molecule has 5 aliphatic rings. The first-order chi connectivity index (χ1) is 28.3. The van der Waals surface area contributed by atoms with E-state index in [2.05, 4.69) is 166 Å². The molecule has 4 saturated carbocycles. The van der Waals surface area contributed by atoms with E-state index in [0.29, 0.717) is 17.5 Å². The number of hydrogen-bond donors (Lipinski definition) is 0. The van der Waals surface area contributed by atoms with Crippen molar-refractivity contribution in [2.45, 2.75) is 63.7 Å². The van der Waals surface area contributed by atoms with E-state index in [1.54, 1.807) is 16.7 Å². The summed E-state index contributed by atoms with van der Waals surface area (Å²) in [6, 6.07) is 53.9. The van der Waals surface area contributed by atoms with Crippen LogP contribution in [-0.4, -0.2) is 15.0 Å². The molecular weight excluding hydrogens is 703 g/mol. The SMILES string of the molecule is Cc1ccccc1-c1nc(-c2ccc(-c3ccc4c(c3)C3(c5ccccc5C4(C)C)C4CC5CC(C4)CC3C5)cc2)nc(-c2ccc3c(ccc4ccccc43)c2)n1. The fraction of sp³-hybridized carbons (Fsp3) is 0.255. The maximum Gasteiger partial charge on any atom is 0.164 e. The van der Waals surface area contributed by atoms with Crippen molar-refractivity contribution in [1.29, 1.82) is 0 Å². The maximum atomic E-state index is 5.17. The molecule has 1 aromatic heterocycles. The predicted molar refractivity (Wildman–Crippen MR) is 238 cm³/mol. The van der Waals surface area contributed by atoms with E-state index in [1.165, 1.54) is 70.3 Å². The van der Waals surface area contributed by atoms with E-state index in [9.17, 15) is 0 Å². The van der Waals surface area contributed by atoms with Gasteiger partial charge in [0.1, 0.15) is 0 Å². The van der Waals surface area contributed by atoms with Crippen molar-refractivity contribution in [3.63, 3.8) is 0 Å². The summed E-state index contributed by atoms with van der Waals surface area (Å²) in [5.74, 6) is 5.33. The van der Waals surface area contributed by atoms with E-state index < -0.39 is 0 Å². The van der Waals surface area contributed by atoms with Gasteiger partial charge in [-0.3, -0.25) is 0 Å². The van der Waals surface area contributed by atoms with E-state index in [1.807, 2.05) is 0 Å². The zero-order valence-electron chi connectivity index (χ0n) is 33.5. The van der Waals surface area contributed by atoms with Gasteiger partial charge >= 0.3 is 0 Å². The van der Waals surface area contributed by atoms with Crippen LogP contribution >= 0.6 is 0 Å². The van der Waals surface area contributed by atoms with Crippen molar-refractivity contribution >= 4 is 21.5 Å². The van der Waals surface area contributed by atoms with E-state index in [4.69, 9.17) is 15.0 Å². The van der Waals surface area contributed by atoms with Crippen LogP contribution in [0.25, 0.3) is 66.8 Å². The Kier molecular flexibility index (Phi) is 7.38. The highest BCUT2D eigenvalue weighted by atomic mass is 15.0. The Bertz CT molecular complexity index is 2930. The molecule has 3 nitrogen and oxygen atoms in total. The number of hydrogen-bond acceptors (Lipinski definition) is 3. The predicted octanol–water partition coefficient (Wildman–Crippen LogP) is 13.5. The smallest absolute Gasteiger partial charge is 0.164 e. The molecule has 282 valence electrons. The van der Waals surface area contributed by atoms with Crippen molar-refractivity contribution in [3.8, 4) is 45.3 Å². The normalized spacial score (nSPS) is 23.6. The summed E-state index contributed by atoms with van der Waals surface area (Å²) < 4.78 is 0. The summed E-state index contributed by atoms with van der Waals surface area (Å²) in [7, 11) is 0. The standard InChI is InChI=1S/C55H47N3/c1-33-10-4-6-12-44(33)53-57-51(56-52(58-53)41-22-24-46-40(31-41)21-18-37-11-5-7-13-45(37)46)38-19-16-36(17-20-38)39-23-25-48-50(32-39)55(49-15-9-8-14-47(49)54(48,2)3)42-27-34-26-35(29-42)30-43(55)28-34/h4-25,31-32,34-35,42-43H,26-30H2,1-3H3. The first kappa shape index (κ1) is 34.1. The van der Waals surface area contributed by atoms with E-state index >= 15 is 0 Å². The molecule has 58 heavy (non-hydrogen) atoms. The summed E-state index contributed by atoms with van der Waals surface area (Å²) in [4.78, 5) is 15.4. The molecule has 13 rings (SSSR count). The second-order valence-electron chi connectivity index (χ2n) is 18.5. The highest BCUT2D eigenvalue weighted by Crippen LogP contribution is 2.68. The lowest BCUT2D eigenvalue weighted by Crippen LogP contribution is -2.58. The van der Waals surface area contributed by atoms with Gasteiger partial charge in [0.05, 0.1) is 0 Å². The summed E-state index contributed by atoms with van der Waals surface area (Å²) in [5, 5.41) is 4.90. The monoisotopic (exact) mass is 749 g/mol. The van der Waals surface area contributed by atoms with Gasteiger partial charge < -0.3 is 0 Å². The average molecular weight is 750 g/mol. The number of aryl methyl sites for hydroxylation is 1. The third kappa shape index (κ3) is 4.95. The van der Waals surface area contributed by atoms with Crippen molar-refractivity contribution in [2.24, 2.45) is 23.7 Å². The molecule has 8 aromatic rings. The quantitative estimate of drug-likeness (QED) is 0.168. The zero-order chi connectivity index (χ0) is 38.8. The third-order valence-electron chi connectivity index (χ3n) is 15.1. The summed E-state index contributed by atoms with van der Waals surface area (Å²) in [6.07, 6.45) is 7.00. The average Bonchev–Trinajstić information content (AvgIpc) is 3.26. The Hall–Kier alpha value is -5.93. The van der Waals surface area contributed by atoms with Crippen molar-refractivity contribution in [3.05, 3.63) is 173 Å². The first-order valence-electron chi connectivity index (χ1n) is 21.4. The molecule has 0 atom stereocenters. The molecular formula is C55H47N3. The van der Waals surface area contributed by atoms with Gasteiger partial charge in [-0.05, 0) is 135 Å². The van der Waals surface area contributed by atoms with Gasteiger partial charge in [-0.15, -0.1) is 0 Å². The van der Waals surface area contributed by atoms with Crippen LogP contribution in [0.3, 0.4) is 0 Å². The summed E-state index contributed by atoms with van der Waals surface area (Å²) in [5.41, 5.74) is 13.0. The Balaban J connectivity index is 0.963. The van der Waals surface area contributed by atoms with Crippen LogP contribution in [0.5, 0.6) is 0 Å². The van der Waals surface area contributed by atoms with Crippen LogP contribution in [-0.2, 0) is 10.8 Å². The van der Waals surface area contributed by atoms with Gasteiger partial charge in [-0.1, -0.05) is 147 Å². The molecule has 0 unspecified atom stereocenters. The van der Waals surface area contributed by atoms with Crippen LogP contribution in [0.1, 0.15) is 73.8 Å². The van der Waals surface area contributed by atoms with Crippen molar-refractivity contribution < 1.29 is 0 Å². The number of aromatic nitrogens is 3. The fourth-order valence-electron chi connectivity index (χ4n) is 12.6. The fourth-order valence-corrected chi connectivity index (χ4v) is 12.6. The van der Waals surface area contributed by atoms with Gasteiger partial charge in [0.15, 0.2) is 17.5 Å². The molecule has 3 heteroatoms. The molecule has 7 aromatic carbocycles. The van der Waals surface area contributed by atoms with E-state index in [0.717, 1.165) is 45.9 Å². The van der Waals surface area contributed by atoms with Crippen LogP contribution in [0.2, 0.25) is 0 Å². The lowest BCUT2D eigenvalue weighted by molar-refractivity contribution is -0.0443. The minimum atomic E-state index is -0.0434. The molecule has 0 N–H and O–H groups in total. The topological polar surface area (TPSA) is 38.7 Å². The number of rotatable bonds is 4. The van der Waals surface area contributed by atoms with Crippen molar-refractivity contribution in [1.82, 2.24) is 15.0 Å². The summed E-state index contributed by atoms with van der Waals surface area (Å²) >= 11 is 0. The molecule has 0 saturated heterocycles. The lowest BCUT2D eigenvalue weighted by Gasteiger charge is -2.64. The Labute approximate surface area is 341 Å². The van der Waals surface area contributed by atoms with E-state index in [-0.39, 0.29) is 10.8 Å². The van der Waals surface area contributed by atoms with Gasteiger partial charge in [-0.2, -0.15) is 0 Å². The van der Waals surface area contributed by atoms with Crippen molar-refractivity contribution in [2.75, 3.05) is 0 Å². The molecule has 0 radical (unpaired) electrons. The largest absolute Gasteiger partial charge is 0.208 e. The maximum absolute atomic E-state index is 5.17. The highest BCUT2D eigenvalue weighted by Gasteiger charge is 2.62. The Morgan fingerprint density at radius 1 is 0.431 bits per heavy atom. The first-order valence-corrected chi connectivity index (χ1v) is 21.4. The molecule has 1 heterocycles. The zero-order valence-corrected chi connectivity index (χ0v) is 33.5. The summed E-state index contributed by atoms with van der Waals surface area (Å²) in [6.45, 7) is 7.03. The number of fused-ring (bicyclic) bond motifs is 5. The van der Waals surface area contributed by atoms with Crippen LogP contribution in [0.15, 0.2) is 146 Å². The van der Waals surface area contributed by atoms with Gasteiger partial charge in [0.2, 0.25) is 0 Å². The van der Waals surface area contributed by atoms with Crippen LogP contribution < -0.4 is 0 Å². The molecule has 1 spiro atoms. The molecule has 4 bridgehead atoms. The minimum Gasteiger partial charge on any atom is -0.208 e. The third-order valence-corrected chi connectivity index (χ3v) is 15.1.